The standard InChI is InChI=1S/C33H50O7/c1-13-16(4)28-20(8)27(35)23(11)33(39-28)24(12)31(38-32(36)17(5)14-2)22(10)30(40-33)21(9)29-19(7)26(34)18(6)25(15-3)37-29/h16-17,21-24,30-31H,13-15H2,1-12H3/t16-,17?,21+,22-,23+,24+,30+,31+,33+/m1/s1. The largest absolute Gasteiger partial charge is 0.465 e. The van der Waals surface area contributed by atoms with E-state index in [1.54, 1.807) is 13.8 Å². The Labute approximate surface area is 240 Å². The quantitative estimate of drug-likeness (QED) is 0.324. The molecule has 0 radical (unpaired) electrons. The van der Waals surface area contributed by atoms with Gasteiger partial charge in [-0.15, -0.1) is 0 Å². The number of carbonyl (C=O) groups excluding carboxylic acids is 2. The van der Waals surface area contributed by atoms with Crippen molar-refractivity contribution in [2.45, 2.75) is 126 Å². The van der Waals surface area contributed by atoms with Crippen LogP contribution >= 0.6 is 0 Å². The molecule has 0 N–H and O–H groups in total. The molecule has 1 aromatic heterocycles. The van der Waals surface area contributed by atoms with Gasteiger partial charge in [0.1, 0.15) is 23.4 Å². The van der Waals surface area contributed by atoms with Gasteiger partial charge in [-0.2, -0.15) is 0 Å². The molecular formula is C33H50O7. The number of ketones is 1. The second kappa shape index (κ2) is 12.2. The van der Waals surface area contributed by atoms with Gasteiger partial charge < -0.3 is 18.6 Å². The van der Waals surface area contributed by atoms with Crippen LogP contribution in [0.25, 0.3) is 0 Å². The highest BCUT2D eigenvalue weighted by Gasteiger charge is 2.62. The van der Waals surface area contributed by atoms with Crippen molar-refractivity contribution in [1.82, 2.24) is 0 Å². The molecule has 3 heterocycles. The van der Waals surface area contributed by atoms with Gasteiger partial charge in [0, 0.05) is 40.9 Å². The Hall–Kier alpha value is -2.41. The summed E-state index contributed by atoms with van der Waals surface area (Å²) >= 11 is 0. The highest BCUT2D eigenvalue weighted by Crippen LogP contribution is 2.52. The number of esters is 1. The van der Waals surface area contributed by atoms with E-state index in [4.69, 9.17) is 18.6 Å². The van der Waals surface area contributed by atoms with Gasteiger partial charge in [-0.1, -0.05) is 55.4 Å². The average Bonchev–Trinajstić information content (AvgIpc) is 2.95. The number of allylic oxidation sites excluding steroid dienone is 2. The average molecular weight is 559 g/mol. The molecule has 40 heavy (non-hydrogen) atoms. The molecule has 9 atom stereocenters. The van der Waals surface area contributed by atoms with Crippen LogP contribution in [0, 0.1) is 43.4 Å². The third-order valence-electron chi connectivity index (χ3n) is 9.75. The zero-order chi connectivity index (χ0) is 30.3. The molecule has 7 heteroatoms. The number of hydrogen-bond donors (Lipinski definition) is 0. The summed E-state index contributed by atoms with van der Waals surface area (Å²) in [5, 5.41) is 0. The summed E-state index contributed by atoms with van der Waals surface area (Å²) in [6.45, 7) is 23.1. The smallest absolute Gasteiger partial charge is 0.308 e. The van der Waals surface area contributed by atoms with Crippen molar-refractivity contribution in [1.29, 1.82) is 0 Å². The minimum atomic E-state index is -1.34. The first-order chi connectivity index (χ1) is 18.7. The summed E-state index contributed by atoms with van der Waals surface area (Å²) in [6, 6.07) is 0. The second-order valence-corrected chi connectivity index (χ2v) is 12.3. The van der Waals surface area contributed by atoms with E-state index in [1.807, 2.05) is 62.3 Å². The molecule has 0 amide bonds. The van der Waals surface area contributed by atoms with Crippen LogP contribution in [0.4, 0.5) is 0 Å². The summed E-state index contributed by atoms with van der Waals surface area (Å²) in [4.78, 5) is 40.0. The molecule has 1 unspecified atom stereocenters. The van der Waals surface area contributed by atoms with Gasteiger partial charge in [0.15, 0.2) is 11.2 Å². The van der Waals surface area contributed by atoms with Crippen molar-refractivity contribution >= 4 is 11.8 Å². The van der Waals surface area contributed by atoms with E-state index >= 15 is 0 Å². The van der Waals surface area contributed by atoms with Crippen LogP contribution in [0.1, 0.15) is 111 Å². The van der Waals surface area contributed by atoms with E-state index in [0.717, 1.165) is 6.42 Å². The van der Waals surface area contributed by atoms with Crippen LogP contribution in [0.3, 0.4) is 0 Å². The van der Waals surface area contributed by atoms with E-state index in [1.165, 1.54) is 0 Å². The number of hydrogen-bond acceptors (Lipinski definition) is 7. The third kappa shape index (κ3) is 5.31. The van der Waals surface area contributed by atoms with Gasteiger partial charge in [0.2, 0.25) is 5.79 Å². The molecule has 2 aliphatic heterocycles. The van der Waals surface area contributed by atoms with Gasteiger partial charge in [0.25, 0.3) is 0 Å². The number of aryl methyl sites for hydroxylation is 1. The van der Waals surface area contributed by atoms with Gasteiger partial charge >= 0.3 is 5.97 Å². The molecule has 2 aliphatic rings. The minimum absolute atomic E-state index is 0.0185. The van der Waals surface area contributed by atoms with Crippen molar-refractivity contribution in [3.8, 4) is 0 Å². The number of rotatable bonds is 8. The predicted octanol–water partition coefficient (Wildman–Crippen LogP) is 6.80. The van der Waals surface area contributed by atoms with E-state index in [-0.39, 0.29) is 40.9 Å². The van der Waals surface area contributed by atoms with Crippen molar-refractivity contribution < 1.29 is 28.2 Å². The first kappa shape index (κ1) is 32.1. The number of carbonyl (C=O) groups is 2. The van der Waals surface area contributed by atoms with Crippen molar-refractivity contribution in [3.05, 3.63) is 44.2 Å². The predicted molar refractivity (Wildman–Crippen MR) is 155 cm³/mol. The molecule has 0 aromatic carbocycles. The SMILES string of the molecule is CCc1oc([C@H](C)[C@@H]2O[C@]3(OC([C@H](C)CC)=C(C)C(=O)[C@@H]3C)[C@@H](C)[C@@H](OC(=O)C(C)CC)[C@@H]2C)c(C)c(=O)c1C. The second-order valence-electron chi connectivity index (χ2n) is 12.3. The summed E-state index contributed by atoms with van der Waals surface area (Å²) in [5.41, 5.74) is 1.75. The molecule has 0 bridgehead atoms. The Balaban J connectivity index is 2.20. The van der Waals surface area contributed by atoms with Crippen LogP contribution < -0.4 is 5.43 Å². The zero-order valence-electron chi connectivity index (χ0n) is 26.6. The fourth-order valence-electron chi connectivity index (χ4n) is 6.44. The third-order valence-corrected chi connectivity index (χ3v) is 9.75. The Morgan fingerprint density at radius 2 is 1.60 bits per heavy atom. The first-order valence-corrected chi connectivity index (χ1v) is 15.1. The van der Waals surface area contributed by atoms with Crippen LogP contribution in [-0.4, -0.2) is 29.7 Å². The minimum Gasteiger partial charge on any atom is -0.465 e. The topological polar surface area (TPSA) is 92.0 Å². The highest BCUT2D eigenvalue weighted by atomic mass is 16.7. The monoisotopic (exact) mass is 558 g/mol. The molecule has 1 fully saturated rings. The molecule has 1 saturated heterocycles. The zero-order valence-corrected chi connectivity index (χ0v) is 26.6. The summed E-state index contributed by atoms with van der Waals surface area (Å²) in [6.07, 6.45) is 0.934. The summed E-state index contributed by atoms with van der Waals surface area (Å²) in [5.74, 6) is -1.71. The van der Waals surface area contributed by atoms with Crippen molar-refractivity contribution in [2.75, 3.05) is 0 Å². The van der Waals surface area contributed by atoms with Gasteiger partial charge in [-0.05, 0) is 40.5 Å². The molecule has 0 aliphatic carbocycles. The fourth-order valence-corrected chi connectivity index (χ4v) is 6.44. The van der Waals surface area contributed by atoms with Crippen LogP contribution in [0.15, 0.2) is 20.5 Å². The van der Waals surface area contributed by atoms with Gasteiger partial charge in [0.05, 0.1) is 23.9 Å². The van der Waals surface area contributed by atoms with Crippen molar-refractivity contribution in [2.24, 2.45) is 29.6 Å². The molecule has 0 saturated carbocycles. The summed E-state index contributed by atoms with van der Waals surface area (Å²) in [7, 11) is 0. The fraction of sp³-hybridized carbons (Fsp3) is 0.727. The van der Waals surface area contributed by atoms with E-state index in [9.17, 15) is 14.4 Å². The normalized spacial score (nSPS) is 31.1. The number of ether oxygens (including phenoxy) is 3. The lowest BCUT2D eigenvalue weighted by Gasteiger charge is -2.56. The highest BCUT2D eigenvalue weighted by molar-refractivity contribution is 5.98. The number of Topliss-reactive ketones (excluding diaryl/α,β-unsaturated/α-hetero) is 1. The lowest BCUT2D eigenvalue weighted by Crippen LogP contribution is -2.65. The molecular weight excluding hydrogens is 508 g/mol. The molecule has 224 valence electrons. The Morgan fingerprint density at radius 3 is 2.15 bits per heavy atom. The lowest BCUT2D eigenvalue weighted by atomic mass is 9.70. The Bertz CT molecular complexity index is 1210. The van der Waals surface area contributed by atoms with Crippen LogP contribution in [-0.2, 0) is 30.2 Å². The molecule has 1 aromatic rings. The van der Waals surface area contributed by atoms with E-state index in [0.29, 0.717) is 46.8 Å². The summed E-state index contributed by atoms with van der Waals surface area (Å²) < 4.78 is 26.4. The first-order valence-electron chi connectivity index (χ1n) is 15.1. The maximum absolute atomic E-state index is 13.7. The Morgan fingerprint density at radius 1 is 0.975 bits per heavy atom. The molecule has 7 nitrogen and oxygen atoms in total. The van der Waals surface area contributed by atoms with Crippen LogP contribution in [0.5, 0.6) is 0 Å². The van der Waals surface area contributed by atoms with E-state index < -0.39 is 29.8 Å². The Kier molecular flexibility index (Phi) is 9.81. The van der Waals surface area contributed by atoms with E-state index in [2.05, 4.69) is 6.92 Å². The lowest BCUT2D eigenvalue weighted by molar-refractivity contribution is -0.347. The maximum atomic E-state index is 13.7. The van der Waals surface area contributed by atoms with Crippen LogP contribution in [0.2, 0.25) is 0 Å². The van der Waals surface area contributed by atoms with Gasteiger partial charge in [-0.25, -0.2) is 0 Å². The molecule has 3 rings (SSSR count). The van der Waals surface area contributed by atoms with Crippen molar-refractivity contribution in [3.63, 3.8) is 0 Å². The maximum Gasteiger partial charge on any atom is 0.308 e. The molecule has 1 spiro atoms. The van der Waals surface area contributed by atoms with Gasteiger partial charge in [-0.3, -0.25) is 14.4 Å².